The summed E-state index contributed by atoms with van der Waals surface area (Å²) < 4.78 is 6.12. The fourth-order valence-corrected chi connectivity index (χ4v) is 2.28. The Kier molecular flexibility index (Phi) is 4.82. The molecule has 2 aromatic carbocycles. The van der Waals surface area contributed by atoms with Gasteiger partial charge in [-0.25, -0.2) is 0 Å². The van der Waals surface area contributed by atoms with Crippen LogP contribution in [0.2, 0.25) is 0 Å². The summed E-state index contributed by atoms with van der Waals surface area (Å²) in [7, 11) is 1.65. The van der Waals surface area contributed by atoms with E-state index in [-0.39, 0.29) is 6.61 Å². The van der Waals surface area contributed by atoms with E-state index in [4.69, 9.17) is 9.84 Å². The van der Waals surface area contributed by atoms with Gasteiger partial charge < -0.3 is 15.2 Å². The summed E-state index contributed by atoms with van der Waals surface area (Å²) in [5, 5.41) is 12.3. The monoisotopic (exact) mass is 321 g/mol. The number of anilines is 1. The Morgan fingerprint density at radius 3 is 2.37 bits per heavy atom. The molecule has 0 heterocycles. The topological polar surface area (TPSA) is 41.5 Å². The third kappa shape index (κ3) is 3.72. The van der Waals surface area contributed by atoms with E-state index in [0.717, 1.165) is 28.0 Å². The molecule has 0 spiro atoms. The number of ether oxygens (including phenoxy) is 1. The maximum Gasteiger partial charge on any atom is 0.133 e. The molecule has 0 amide bonds. The van der Waals surface area contributed by atoms with E-state index in [0.29, 0.717) is 0 Å². The zero-order valence-electron chi connectivity index (χ0n) is 10.7. The first-order valence-electron chi connectivity index (χ1n) is 5.99. The quantitative estimate of drug-likeness (QED) is 0.884. The van der Waals surface area contributed by atoms with Crippen LogP contribution in [0.5, 0.6) is 5.75 Å². The second-order valence-corrected chi connectivity index (χ2v) is 5.03. The molecule has 0 radical (unpaired) electrons. The standard InChI is InChI=1S/C15H16BrNO2/c1-19-15-7-6-13(8-14(15)16)17-9-11-2-4-12(10-18)5-3-11/h2-8,17-18H,9-10H2,1H3. The van der Waals surface area contributed by atoms with Gasteiger partial charge >= 0.3 is 0 Å². The lowest BCUT2D eigenvalue weighted by Gasteiger charge is -2.09. The zero-order valence-corrected chi connectivity index (χ0v) is 12.3. The summed E-state index contributed by atoms with van der Waals surface area (Å²) in [6, 6.07) is 13.8. The van der Waals surface area contributed by atoms with Crippen molar-refractivity contribution in [3.8, 4) is 5.75 Å². The van der Waals surface area contributed by atoms with Gasteiger partial charge in [0.2, 0.25) is 0 Å². The number of rotatable bonds is 5. The van der Waals surface area contributed by atoms with Crippen LogP contribution in [0.25, 0.3) is 0 Å². The predicted molar refractivity (Wildman–Crippen MR) is 80.4 cm³/mol. The van der Waals surface area contributed by atoms with E-state index in [9.17, 15) is 0 Å². The van der Waals surface area contributed by atoms with Crippen LogP contribution in [-0.2, 0) is 13.2 Å². The minimum absolute atomic E-state index is 0.0825. The van der Waals surface area contributed by atoms with E-state index in [1.54, 1.807) is 7.11 Å². The van der Waals surface area contributed by atoms with Crippen molar-refractivity contribution in [3.05, 3.63) is 58.1 Å². The second kappa shape index (κ2) is 6.59. The van der Waals surface area contributed by atoms with Crippen molar-refractivity contribution in [2.45, 2.75) is 13.2 Å². The molecule has 0 saturated heterocycles. The molecule has 0 saturated carbocycles. The first-order chi connectivity index (χ1) is 9.22. The lowest BCUT2D eigenvalue weighted by molar-refractivity contribution is 0.282. The molecule has 100 valence electrons. The van der Waals surface area contributed by atoms with Crippen LogP contribution in [0.15, 0.2) is 46.9 Å². The van der Waals surface area contributed by atoms with Crippen LogP contribution in [0.4, 0.5) is 5.69 Å². The van der Waals surface area contributed by atoms with E-state index < -0.39 is 0 Å². The molecule has 0 aliphatic heterocycles. The Morgan fingerprint density at radius 2 is 1.79 bits per heavy atom. The van der Waals surface area contributed by atoms with Gasteiger partial charge in [-0.1, -0.05) is 24.3 Å². The number of hydrogen-bond acceptors (Lipinski definition) is 3. The second-order valence-electron chi connectivity index (χ2n) is 4.18. The number of aliphatic hydroxyl groups is 1. The molecular weight excluding hydrogens is 306 g/mol. The van der Waals surface area contributed by atoms with Crippen molar-refractivity contribution in [1.29, 1.82) is 0 Å². The average Bonchev–Trinajstić information content (AvgIpc) is 2.46. The van der Waals surface area contributed by atoms with Crippen LogP contribution < -0.4 is 10.1 Å². The van der Waals surface area contributed by atoms with Gasteiger partial charge in [-0.05, 0) is 45.3 Å². The molecule has 0 bridgehead atoms. The van der Waals surface area contributed by atoms with Crippen LogP contribution in [0.1, 0.15) is 11.1 Å². The Labute approximate surface area is 121 Å². The van der Waals surface area contributed by atoms with Crippen molar-refractivity contribution in [2.24, 2.45) is 0 Å². The first kappa shape index (κ1) is 13.9. The minimum atomic E-state index is 0.0825. The molecule has 2 aromatic rings. The van der Waals surface area contributed by atoms with Crippen molar-refractivity contribution >= 4 is 21.6 Å². The Bertz CT molecular complexity index is 540. The third-order valence-corrected chi connectivity index (χ3v) is 3.47. The summed E-state index contributed by atoms with van der Waals surface area (Å²) in [6.45, 7) is 0.823. The molecule has 2 rings (SSSR count). The summed E-state index contributed by atoms with van der Waals surface area (Å²) >= 11 is 3.46. The fourth-order valence-electron chi connectivity index (χ4n) is 1.74. The molecule has 0 aromatic heterocycles. The normalized spacial score (nSPS) is 10.3. The summed E-state index contributed by atoms with van der Waals surface area (Å²) in [4.78, 5) is 0. The molecular formula is C15H16BrNO2. The maximum absolute atomic E-state index is 8.98. The van der Waals surface area contributed by atoms with Crippen molar-refractivity contribution in [1.82, 2.24) is 0 Å². The summed E-state index contributed by atoms with van der Waals surface area (Å²) in [6.07, 6.45) is 0. The predicted octanol–water partition coefficient (Wildman–Crippen LogP) is 3.56. The van der Waals surface area contributed by atoms with Crippen molar-refractivity contribution < 1.29 is 9.84 Å². The van der Waals surface area contributed by atoms with Gasteiger partial charge in [0.05, 0.1) is 18.2 Å². The Balaban J connectivity index is 1.99. The number of benzene rings is 2. The number of aliphatic hydroxyl groups excluding tert-OH is 1. The average molecular weight is 322 g/mol. The molecule has 4 heteroatoms. The summed E-state index contributed by atoms with van der Waals surface area (Å²) in [5.74, 6) is 0.817. The minimum Gasteiger partial charge on any atom is -0.496 e. The van der Waals surface area contributed by atoms with Gasteiger partial charge in [-0.3, -0.25) is 0 Å². The number of nitrogens with one attached hydrogen (secondary N) is 1. The van der Waals surface area contributed by atoms with Gasteiger partial charge in [0.1, 0.15) is 5.75 Å². The molecule has 0 unspecified atom stereocenters. The highest BCUT2D eigenvalue weighted by Crippen LogP contribution is 2.27. The summed E-state index contributed by atoms with van der Waals surface area (Å²) in [5.41, 5.74) is 3.12. The lowest BCUT2D eigenvalue weighted by Crippen LogP contribution is -1.99. The van der Waals surface area contributed by atoms with Gasteiger partial charge in [-0.15, -0.1) is 0 Å². The van der Waals surface area contributed by atoms with Crippen LogP contribution in [0, 0.1) is 0 Å². The van der Waals surface area contributed by atoms with Crippen LogP contribution >= 0.6 is 15.9 Å². The van der Waals surface area contributed by atoms with E-state index in [2.05, 4.69) is 21.2 Å². The Hall–Kier alpha value is -1.52. The molecule has 3 nitrogen and oxygen atoms in total. The van der Waals surface area contributed by atoms with Crippen molar-refractivity contribution in [2.75, 3.05) is 12.4 Å². The van der Waals surface area contributed by atoms with Gasteiger partial charge in [0, 0.05) is 12.2 Å². The van der Waals surface area contributed by atoms with Crippen LogP contribution in [-0.4, -0.2) is 12.2 Å². The van der Waals surface area contributed by atoms with Gasteiger partial charge in [0.15, 0.2) is 0 Å². The fraction of sp³-hybridized carbons (Fsp3) is 0.200. The van der Waals surface area contributed by atoms with Crippen LogP contribution in [0.3, 0.4) is 0 Å². The first-order valence-corrected chi connectivity index (χ1v) is 6.78. The molecule has 19 heavy (non-hydrogen) atoms. The highest BCUT2D eigenvalue weighted by molar-refractivity contribution is 9.10. The smallest absolute Gasteiger partial charge is 0.133 e. The molecule has 2 N–H and O–H groups in total. The maximum atomic E-state index is 8.98. The SMILES string of the molecule is COc1ccc(NCc2ccc(CO)cc2)cc1Br. The van der Waals surface area contributed by atoms with E-state index >= 15 is 0 Å². The molecule has 0 aliphatic carbocycles. The van der Waals surface area contributed by atoms with E-state index in [1.807, 2.05) is 42.5 Å². The third-order valence-electron chi connectivity index (χ3n) is 2.85. The highest BCUT2D eigenvalue weighted by atomic mass is 79.9. The molecule has 0 atom stereocenters. The molecule has 0 aliphatic rings. The van der Waals surface area contributed by atoms with Gasteiger partial charge in [-0.2, -0.15) is 0 Å². The number of methoxy groups -OCH3 is 1. The number of halogens is 1. The zero-order chi connectivity index (χ0) is 13.7. The Morgan fingerprint density at radius 1 is 1.11 bits per heavy atom. The van der Waals surface area contributed by atoms with Crippen molar-refractivity contribution in [3.63, 3.8) is 0 Å². The largest absolute Gasteiger partial charge is 0.496 e. The van der Waals surface area contributed by atoms with E-state index in [1.165, 1.54) is 5.56 Å². The number of hydrogen-bond donors (Lipinski definition) is 2. The van der Waals surface area contributed by atoms with Gasteiger partial charge in [0.25, 0.3) is 0 Å². The highest BCUT2D eigenvalue weighted by Gasteiger charge is 2.01. The molecule has 0 fully saturated rings. The lowest BCUT2D eigenvalue weighted by atomic mass is 10.1.